The molecule has 6 nitrogen and oxygen atoms in total. The lowest BCUT2D eigenvalue weighted by Gasteiger charge is -2.16. The summed E-state index contributed by atoms with van der Waals surface area (Å²) in [6.07, 6.45) is 0.360. The van der Waals surface area contributed by atoms with Gasteiger partial charge in [-0.2, -0.15) is 0 Å². The number of rotatable bonds is 7. The van der Waals surface area contributed by atoms with Crippen LogP contribution in [0.2, 0.25) is 0 Å². The van der Waals surface area contributed by atoms with Gasteiger partial charge in [0.2, 0.25) is 26.5 Å². The van der Waals surface area contributed by atoms with Crippen LogP contribution in [-0.2, 0) is 24.8 Å². The molecular weight excluding hydrogens is 242 g/mol. The third-order valence-electron chi connectivity index (χ3n) is 1.56. The highest BCUT2D eigenvalue weighted by atomic mass is 32.3. The molecule has 8 heteroatoms. The smallest absolute Gasteiger partial charge is 0.250 e. The minimum absolute atomic E-state index is 0.0625. The number of carbonyl (C=O) groups is 1. The molecule has 0 spiro atoms. The van der Waals surface area contributed by atoms with Crippen LogP contribution in [-0.4, -0.2) is 38.5 Å². The molecule has 0 aromatic heterocycles. The Morgan fingerprint density at radius 3 is 1.47 bits per heavy atom. The zero-order valence-corrected chi connectivity index (χ0v) is 10.3. The lowest BCUT2D eigenvalue weighted by Crippen LogP contribution is -2.38. The molecule has 0 rings (SSSR count). The van der Waals surface area contributed by atoms with Gasteiger partial charge in [-0.05, 0) is 12.8 Å². The number of carbonyl (C=O) groups excluding carboxylic acids is 1. The van der Waals surface area contributed by atoms with Crippen molar-refractivity contribution in [3.05, 3.63) is 0 Å². The summed E-state index contributed by atoms with van der Waals surface area (Å²) in [5.74, 6) is -0.705. The molecule has 0 N–H and O–H groups in total. The van der Waals surface area contributed by atoms with Crippen LogP contribution in [0.15, 0.2) is 0 Å². The number of sulfonamides is 2. The topological polar surface area (TPSA) is 88.6 Å². The Bertz CT molecular complexity index is 361. The molecule has 0 saturated heterocycles. The van der Waals surface area contributed by atoms with Crippen molar-refractivity contribution in [3.63, 3.8) is 0 Å². The molecule has 15 heavy (non-hydrogen) atoms. The molecule has 0 radical (unpaired) electrons. The highest BCUT2D eigenvalue weighted by Crippen LogP contribution is 2.09. The van der Waals surface area contributed by atoms with Gasteiger partial charge in [0.15, 0.2) is 0 Å². The second-order valence-electron chi connectivity index (χ2n) is 2.96. The second-order valence-corrected chi connectivity index (χ2v) is 7.12. The van der Waals surface area contributed by atoms with E-state index in [2.05, 4.69) is 0 Å². The highest BCUT2D eigenvalue weighted by molar-refractivity contribution is 8.04. The van der Waals surface area contributed by atoms with Crippen LogP contribution in [0, 0.1) is 0 Å². The number of hydrogen-bond donors (Lipinski definition) is 0. The number of nitrogens with zero attached hydrogens (tertiary/aromatic N) is 1. The molecule has 0 atom stereocenters. The third-order valence-corrected chi connectivity index (χ3v) is 6.04. The molecule has 0 bridgehead atoms. The zero-order chi connectivity index (χ0) is 12.1. The summed E-state index contributed by atoms with van der Waals surface area (Å²) in [6, 6.07) is 0. The molecule has 1 amide bonds. The fourth-order valence-electron chi connectivity index (χ4n) is 1.00. The first-order valence-corrected chi connectivity index (χ1v) is 7.74. The van der Waals surface area contributed by atoms with Crippen molar-refractivity contribution in [2.24, 2.45) is 0 Å². The van der Waals surface area contributed by atoms with Gasteiger partial charge in [-0.15, -0.1) is 3.71 Å². The van der Waals surface area contributed by atoms with E-state index >= 15 is 0 Å². The van der Waals surface area contributed by atoms with E-state index in [1.165, 1.54) is 0 Å². The highest BCUT2D eigenvalue weighted by Gasteiger charge is 2.30. The second kappa shape index (κ2) is 5.45. The summed E-state index contributed by atoms with van der Waals surface area (Å²) in [5, 5.41) is 0. The van der Waals surface area contributed by atoms with Crippen LogP contribution in [0.5, 0.6) is 0 Å². The van der Waals surface area contributed by atoms with Crippen LogP contribution in [0.1, 0.15) is 26.7 Å². The molecule has 90 valence electrons. The summed E-state index contributed by atoms with van der Waals surface area (Å²) >= 11 is 0. The minimum Gasteiger partial charge on any atom is -0.276 e. The summed E-state index contributed by atoms with van der Waals surface area (Å²) in [7, 11) is -8.05. The standard InChI is InChI=1S/C7H15NO5S2/c1-3-5-14(10,11)8(7-9)15(12,13)6-4-2/h7H,3-6H2,1-2H3. The molecule has 0 unspecified atom stereocenters. The average molecular weight is 257 g/mol. The quantitative estimate of drug-likeness (QED) is 0.595. The Morgan fingerprint density at radius 2 is 1.27 bits per heavy atom. The lowest BCUT2D eigenvalue weighted by molar-refractivity contribution is -0.111. The molecule has 0 aromatic rings. The first-order valence-electron chi connectivity index (χ1n) is 4.52. The third kappa shape index (κ3) is 3.78. The van der Waals surface area contributed by atoms with Crippen molar-refractivity contribution < 1.29 is 21.6 Å². The maximum Gasteiger partial charge on any atom is 0.250 e. The van der Waals surface area contributed by atoms with E-state index in [-0.39, 0.29) is 34.5 Å². The van der Waals surface area contributed by atoms with Crippen LogP contribution < -0.4 is 0 Å². The van der Waals surface area contributed by atoms with Crippen LogP contribution >= 0.6 is 0 Å². The van der Waals surface area contributed by atoms with Crippen molar-refractivity contribution >= 4 is 26.5 Å². The minimum atomic E-state index is -4.03. The van der Waals surface area contributed by atoms with Crippen molar-refractivity contribution in [3.8, 4) is 0 Å². The zero-order valence-electron chi connectivity index (χ0n) is 8.71. The predicted octanol–water partition coefficient (Wildman–Crippen LogP) is -0.0756. The Labute approximate surface area is 90.4 Å². The maximum absolute atomic E-state index is 11.4. The SMILES string of the molecule is CCCS(=O)(=O)N(C=O)S(=O)(=O)CCC. The van der Waals surface area contributed by atoms with E-state index < -0.39 is 20.0 Å². The van der Waals surface area contributed by atoms with E-state index in [9.17, 15) is 21.6 Å². The molecule has 0 heterocycles. The number of hydrogen-bond acceptors (Lipinski definition) is 5. The molecule has 0 aliphatic carbocycles. The number of amides is 1. The van der Waals surface area contributed by atoms with Crippen molar-refractivity contribution in [2.45, 2.75) is 26.7 Å². The predicted molar refractivity (Wildman–Crippen MR) is 56.1 cm³/mol. The molecule has 0 fully saturated rings. The van der Waals surface area contributed by atoms with Crippen LogP contribution in [0.4, 0.5) is 0 Å². The fourth-order valence-corrected chi connectivity index (χ4v) is 4.49. The van der Waals surface area contributed by atoms with E-state index in [1.807, 2.05) is 0 Å². The average Bonchev–Trinajstić information content (AvgIpc) is 2.02. The van der Waals surface area contributed by atoms with Crippen LogP contribution in [0.25, 0.3) is 0 Å². The maximum atomic E-state index is 11.4. The first-order chi connectivity index (χ1) is 6.81. The largest absolute Gasteiger partial charge is 0.276 e. The Morgan fingerprint density at radius 1 is 0.933 bits per heavy atom. The van der Waals surface area contributed by atoms with Gasteiger partial charge in [0.25, 0.3) is 0 Å². The fraction of sp³-hybridized carbons (Fsp3) is 0.857. The monoisotopic (exact) mass is 257 g/mol. The van der Waals surface area contributed by atoms with Gasteiger partial charge in [0.05, 0.1) is 11.5 Å². The normalized spacial score (nSPS) is 12.4. The van der Waals surface area contributed by atoms with E-state index in [1.54, 1.807) is 13.8 Å². The van der Waals surface area contributed by atoms with Crippen LogP contribution in [0.3, 0.4) is 0 Å². The van der Waals surface area contributed by atoms with E-state index in [0.29, 0.717) is 0 Å². The van der Waals surface area contributed by atoms with Crippen molar-refractivity contribution in [1.82, 2.24) is 3.71 Å². The van der Waals surface area contributed by atoms with Gasteiger partial charge < -0.3 is 0 Å². The Kier molecular flexibility index (Phi) is 5.22. The van der Waals surface area contributed by atoms with Gasteiger partial charge >= 0.3 is 0 Å². The summed E-state index contributed by atoms with van der Waals surface area (Å²) in [4.78, 5) is 10.5. The molecule has 0 aliphatic rings. The summed E-state index contributed by atoms with van der Waals surface area (Å²) < 4.78 is 45.5. The van der Waals surface area contributed by atoms with Gasteiger partial charge in [-0.3, -0.25) is 4.79 Å². The summed E-state index contributed by atoms with van der Waals surface area (Å²) in [6.45, 7) is 3.18. The van der Waals surface area contributed by atoms with Gasteiger partial charge in [-0.25, -0.2) is 16.8 Å². The van der Waals surface area contributed by atoms with Crippen molar-refractivity contribution in [2.75, 3.05) is 11.5 Å². The lowest BCUT2D eigenvalue weighted by atomic mass is 10.6. The van der Waals surface area contributed by atoms with Crippen molar-refractivity contribution in [1.29, 1.82) is 0 Å². The summed E-state index contributed by atoms with van der Waals surface area (Å²) in [5.41, 5.74) is 0. The molecular formula is C7H15NO5S2. The van der Waals surface area contributed by atoms with Gasteiger partial charge in [0, 0.05) is 0 Å². The Balaban J connectivity index is 5.18. The van der Waals surface area contributed by atoms with Gasteiger partial charge in [-0.1, -0.05) is 13.8 Å². The molecule has 0 saturated carbocycles. The first kappa shape index (κ1) is 14.4. The molecule has 0 aromatic carbocycles. The molecule has 0 aliphatic heterocycles. The van der Waals surface area contributed by atoms with Gasteiger partial charge in [0.1, 0.15) is 0 Å². The van der Waals surface area contributed by atoms with E-state index in [4.69, 9.17) is 0 Å². The Hall–Kier alpha value is -0.630. The van der Waals surface area contributed by atoms with E-state index in [0.717, 1.165) is 0 Å².